The van der Waals surface area contributed by atoms with Gasteiger partial charge in [0, 0.05) is 46.5 Å². The fraction of sp³-hybridized carbons (Fsp3) is 0.545. The van der Waals surface area contributed by atoms with Crippen molar-refractivity contribution in [3.8, 4) is 0 Å². The van der Waals surface area contributed by atoms with Gasteiger partial charge >= 0.3 is 0 Å². The third kappa shape index (κ3) is 7.29. The number of aromatic nitrogens is 2. The van der Waals surface area contributed by atoms with Crippen molar-refractivity contribution in [2.24, 2.45) is 23.9 Å². The number of hydrogen-bond acceptors (Lipinski definition) is 3. The zero-order valence-corrected chi connectivity index (χ0v) is 20.4. The Balaban J connectivity index is 0.00000300. The summed E-state index contributed by atoms with van der Waals surface area (Å²) in [6.07, 6.45) is 3.16. The first-order valence-electron chi connectivity index (χ1n) is 10.2. The molecule has 6 nitrogen and oxygen atoms in total. The summed E-state index contributed by atoms with van der Waals surface area (Å²) in [5, 5.41) is 10.9. The van der Waals surface area contributed by atoms with Gasteiger partial charge in [-0.3, -0.25) is 14.6 Å². The van der Waals surface area contributed by atoms with Crippen molar-refractivity contribution in [3.63, 3.8) is 0 Å². The SMILES string of the molecule is CN=C(NCc1ccc(CN2CC(C)CC(C)C2)cc1)NCc1ccnn1C.I. The molecule has 2 unspecified atom stereocenters. The van der Waals surface area contributed by atoms with Gasteiger partial charge in [-0.25, -0.2) is 0 Å². The number of halogens is 1. The van der Waals surface area contributed by atoms with Crippen molar-refractivity contribution in [1.82, 2.24) is 25.3 Å². The monoisotopic (exact) mass is 510 g/mol. The van der Waals surface area contributed by atoms with E-state index in [-0.39, 0.29) is 24.0 Å². The highest BCUT2D eigenvalue weighted by atomic mass is 127. The quantitative estimate of drug-likeness (QED) is 0.356. The molecule has 1 fully saturated rings. The Morgan fingerprint density at radius 2 is 1.66 bits per heavy atom. The second kappa shape index (κ2) is 11.5. The number of aliphatic imine (C=N–C) groups is 1. The summed E-state index contributed by atoms with van der Waals surface area (Å²) in [4.78, 5) is 6.89. The van der Waals surface area contributed by atoms with Crippen molar-refractivity contribution in [3.05, 3.63) is 53.3 Å². The zero-order valence-electron chi connectivity index (χ0n) is 18.1. The van der Waals surface area contributed by atoms with Gasteiger partial charge in [0.05, 0.1) is 12.2 Å². The lowest BCUT2D eigenvalue weighted by Crippen LogP contribution is -2.38. The first-order chi connectivity index (χ1) is 13.5. The van der Waals surface area contributed by atoms with Crippen LogP contribution in [-0.4, -0.2) is 40.8 Å². The number of nitrogens with zero attached hydrogens (tertiary/aromatic N) is 4. The molecular formula is C22H35IN6. The highest BCUT2D eigenvalue weighted by Crippen LogP contribution is 2.22. The fourth-order valence-electron chi connectivity index (χ4n) is 4.10. The maximum absolute atomic E-state index is 4.30. The molecule has 0 bridgehead atoms. The number of piperidine rings is 1. The predicted molar refractivity (Wildman–Crippen MR) is 130 cm³/mol. The minimum absolute atomic E-state index is 0. The van der Waals surface area contributed by atoms with Crippen LogP contribution in [0.2, 0.25) is 0 Å². The van der Waals surface area contributed by atoms with E-state index in [0.717, 1.165) is 36.6 Å². The van der Waals surface area contributed by atoms with Gasteiger partial charge in [0.15, 0.2) is 5.96 Å². The van der Waals surface area contributed by atoms with Crippen LogP contribution in [0.1, 0.15) is 37.1 Å². The number of benzene rings is 1. The summed E-state index contributed by atoms with van der Waals surface area (Å²) in [7, 11) is 3.74. The predicted octanol–water partition coefficient (Wildman–Crippen LogP) is 3.38. The van der Waals surface area contributed by atoms with Gasteiger partial charge in [0.25, 0.3) is 0 Å². The van der Waals surface area contributed by atoms with Crippen LogP contribution in [-0.2, 0) is 26.7 Å². The van der Waals surface area contributed by atoms with E-state index >= 15 is 0 Å². The molecule has 0 spiro atoms. The smallest absolute Gasteiger partial charge is 0.191 e. The normalized spacial score (nSPS) is 20.2. The van der Waals surface area contributed by atoms with Gasteiger partial charge in [-0.05, 0) is 35.4 Å². The lowest BCUT2D eigenvalue weighted by atomic mass is 9.91. The van der Waals surface area contributed by atoms with Crippen LogP contribution in [0.25, 0.3) is 0 Å². The third-order valence-corrected chi connectivity index (χ3v) is 5.42. The van der Waals surface area contributed by atoms with E-state index in [9.17, 15) is 0 Å². The molecule has 0 amide bonds. The maximum atomic E-state index is 4.30. The number of guanidine groups is 1. The molecule has 0 saturated carbocycles. The highest BCUT2D eigenvalue weighted by molar-refractivity contribution is 14.0. The van der Waals surface area contributed by atoms with E-state index in [0.29, 0.717) is 6.54 Å². The standard InChI is InChI=1S/C22H34N6.HI/c1-17-11-18(2)15-28(14-17)16-20-7-5-19(6-8-20)12-24-22(23-3)25-13-21-9-10-26-27(21)4;/h5-10,17-18H,11-16H2,1-4H3,(H2,23,24,25);1H. The summed E-state index contributed by atoms with van der Waals surface area (Å²) in [5.74, 6) is 2.40. The molecule has 1 aromatic carbocycles. The summed E-state index contributed by atoms with van der Waals surface area (Å²) >= 11 is 0. The zero-order chi connectivity index (χ0) is 19.9. The molecule has 2 atom stereocenters. The van der Waals surface area contributed by atoms with Crippen LogP contribution < -0.4 is 10.6 Å². The number of likely N-dealkylation sites (tertiary alicyclic amines) is 1. The average Bonchev–Trinajstić information content (AvgIpc) is 3.07. The van der Waals surface area contributed by atoms with Gasteiger partial charge in [0.2, 0.25) is 0 Å². The largest absolute Gasteiger partial charge is 0.352 e. The number of rotatable bonds is 6. The second-order valence-corrected chi connectivity index (χ2v) is 8.18. The van der Waals surface area contributed by atoms with Crippen molar-refractivity contribution < 1.29 is 0 Å². The molecule has 0 aliphatic carbocycles. The molecule has 29 heavy (non-hydrogen) atoms. The summed E-state index contributed by atoms with van der Waals surface area (Å²) in [5.41, 5.74) is 3.77. The Morgan fingerprint density at radius 3 is 2.24 bits per heavy atom. The van der Waals surface area contributed by atoms with Crippen LogP contribution in [0.15, 0.2) is 41.5 Å². The van der Waals surface area contributed by atoms with Crippen LogP contribution in [0.3, 0.4) is 0 Å². The van der Waals surface area contributed by atoms with Gasteiger partial charge in [-0.2, -0.15) is 5.10 Å². The first-order valence-corrected chi connectivity index (χ1v) is 10.2. The van der Waals surface area contributed by atoms with Gasteiger partial charge in [-0.1, -0.05) is 38.1 Å². The molecule has 1 aliphatic rings. The molecule has 160 valence electrons. The van der Waals surface area contributed by atoms with Gasteiger partial charge in [-0.15, -0.1) is 24.0 Å². The third-order valence-electron chi connectivity index (χ3n) is 5.42. The fourth-order valence-corrected chi connectivity index (χ4v) is 4.10. The van der Waals surface area contributed by atoms with E-state index < -0.39 is 0 Å². The summed E-state index contributed by atoms with van der Waals surface area (Å²) < 4.78 is 1.86. The number of aryl methyl sites for hydroxylation is 1. The van der Waals surface area contributed by atoms with E-state index in [4.69, 9.17) is 0 Å². The van der Waals surface area contributed by atoms with Crippen LogP contribution in [0.4, 0.5) is 0 Å². The molecule has 2 aromatic rings. The van der Waals surface area contributed by atoms with Crippen molar-refractivity contribution in [1.29, 1.82) is 0 Å². The van der Waals surface area contributed by atoms with Crippen molar-refractivity contribution >= 4 is 29.9 Å². The van der Waals surface area contributed by atoms with E-state index in [1.54, 1.807) is 13.2 Å². The molecule has 0 radical (unpaired) electrons. The number of hydrogen-bond donors (Lipinski definition) is 2. The van der Waals surface area contributed by atoms with Gasteiger partial charge < -0.3 is 10.6 Å². The summed E-state index contributed by atoms with van der Waals surface area (Å²) in [6, 6.07) is 10.9. The molecule has 7 heteroatoms. The molecule has 1 aromatic heterocycles. The molecule has 3 rings (SSSR count). The number of nitrogens with one attached hydrogen (secondary N) is 2. The van der Waals surface area contributed by atoms with Crippen molar-refractivity contribution in [2.75, 3.05) is 20.1 Å². The van der Waals surface area contributed by atoms with Crippen LogP contribution >= 0.6 is 24.0 Å². The van der Waals surface area contributed by atoms with E-state index in [1.807, 2.05) is 17.8 Å². The van der Waals surface area contributed by atoms with Crippen LogP contribution in [0, 0.1) is 11.8 Å². The molecule has 1 saturated heterocycles. The van der Waals surface area contributed by atoms with Crippen molar-refractivity contribution in [2.45, 2.75) is 39.9 Å². The van der Waals surface area contributed by atoms with E-state index in [2.05, 4.69) is 63.7 Å². The van der Waals surface area contributed by atoms with E-state index in [1.165, 1.54) is 30.6 Å². The second-order valence-electron chi connectivity index (χ2n) is 8.18. The molecule has 1 aliphatic heterocycles. The maximum Gasteiger partial charge on any atom is 0.191 e. The Kier molecular flexibility index (Phi) is 9.42. The molecular weight excluding hydrogens is 475 g/mol. The van der Waals surface area contributed by atoms with Gasteiger partial charge in [0.1, 0.15) is 0 Å². The minimum atomic E-state index is 0. The lowest BCUT2D eigenvalue weighted by molar-refractivity contribution is 0.134. The first kappa shape index (κ1) is 23.7. The molecule has 2 N–H and O–H groups in total. The Hall–Kier alpha value is -1.61. The topological polar surface area (TPSA) is 57.5 Å². The Morgan fingerprint density at radius 1 is 1.03 bits per heavy atom. The highest BCUT2D eigenvalue weighted by Gasteiger charge is 2.21. The average molecular weight is 510 g/mol. The Labute approximate surface area is 192 Å². The summed E-state index contributed by atoms with van der Waals surface area (Å²) in [6.45, 7) is 9.67. The lowest BCUT2D eigenvalue weighted by Gasteiger charge is -2.35. The molecule has 2 heterocycles. The minimum Gasteiger partial charge on any atom is -0.352 e. The Bertz CT molecular complexity index is 760. The van der Waals surface area contributed by atoms with Crippen LogP contribution in [0.5, 0.6) is 0 Å².